The summed E-state index contributed by atoms with van der Waals surface area (Å²) in [5, 5.41) is 0. The molecule has 5 heterocycles. The van der Waals surface area contributed by atoms with Gasteiger partial charge in [-0.25, -0.2) is 9.97 Å². The van der Waals surface area contributed by atoms with Gasteiger partial charge < -0.3 is 9.97 Å². The summed E-state index contributed by atoms with van der Waals surface area (Å²) in [6, 6.07) is 38.2. The van der Waals surface area contributed by atoms with Crippen LogP contribution in [0.2, 0.25) is 0 Å². The van der Waals surface area contributed by atoms with Gasteiger partial charge in [-0.2, -0.15) is 0 Å². The van der Waals surface area contributed by atoms with Gasteiger partial charge in [0.25, 0.3) is 0 Å². The minimum absolute atomic E-state index is 0. The topological polar surface area (TPSA) is 88.1 Å². The third kappa shape index (κ3) is 5.66. The molecule has 0 spiro atoms. The fraction of sp³-hybridized carbons (Fsp3) is 0.0222. The Morgan fingerprint density at radius 3 is 1.15 bits per heavy atom. The molecule has 2 aliphatic heterocycles. The molecule has 6 aromatic rings. The van der Waals surface area contributed by atoms with E-state index < -0.39 is 11.6 Å². The quantitative estimate of drug-likeness (QED) is 0.102. The average Bonchev–Trinajstić information content (AvgIpc) is 4.01. The summed E-state index contributed by atoms with van der Waals surface area (Å²) in [5.74, 6) is -1.12. The Morgan fingerprint density at radius 2 is 0.769 bits per heavy atom. The van der Waals surface area contributed by atoms with E-state index in [4.69, 9.17) is 19.9 Å². The second-order valence-electron chi connectivity index (χ2n) is 12.5. The molecule has 9 rings (SSSR count). The molecule has 6 nitrogen and oxygen atoms in total. The number of benzene rings is 3. The Morgan fingerprint density at radius 1 is 0.423 bits per heavy atom. The summed E-state index contributed by atoms with van der Waals surface area (Å²) < 4.78 is 0. The molecule has 0 saturated heterocycles. The van der Waals surface area contributed by atoms with Crippen molar-refractivity contribution in [1.29, 1.82) is 0 Å². The molecule has 242 valence electrons. The monoisotopic (exact) mass is 720 g/mol. The predicted octanol–water partition coefficient (Wildman–Crippen LogP) is 9.39. The van der Waals surface area contributed by atoms with Crippen LogP contribution in [-0.2, 0) is 29.1 Å². The van der Waals surface area contributed by atoms with Gasteiger partial charge >= 0.3 is 19.5 Å². The third-order valence-corrected chi connectivity index (χ3v) is 9.37. The van der Waals surface area contributed by atoms with E-state index in [-0.39, 0.29) is 25.1 Å². The molecule has 0 atom stereocenters. The van der Waals surface area contributed by atoms with Crippen LogP contribution in [0.5, 0.6) is 0 Å². The zero-order chi connectivity index (χ0) is 34.5. The summed E-state index contributed by atoms with van der Waals surface area (Å²) >= 11 is 0. The van der Waals surface area contributed by atoms with Gasteiger partial charge in [0, 0.05) is 11.1 Å². The van der Waals surface area contributed by atoms with Crippen LogP contribution in [0.3, 0.4) is 0 Å². The van der Waals surface area contributed by atoms with Gasteiger partial charge in [-0.15, -0.1) is 22.1 Å². The number of nitrogens with zero attached hydrogens (tertiary/aromatic N) is 4. The molecule has 0 N–H and O–H groups in total. The van der Waals surface area contributed by atoms with Crippen molar-refractivity contribution in [2.24, 2.45) is 0 Å². The molecule has 0 unspecified atom stereocenters. The Balaban J connectivity index is 0.00000387. The van der Waals surface area contributed by atoms with Gasteiger partial charge in [-0.05, 0) is 76.2 Å². The molecule has 0 amide bonds. The minimum atomic E-state index is -0.582. The molecule has 7 heteroatoms. The molecule has 3 aliphatic rings. The van der Waals surface area contributed by atoms with Crippen molar-refractivity contribution in [2.75, 3.05) is 0 Å². The molecule has 0 saturated carbocycles. The second kappa shape index (κ2) is 13.4. The molecule has 8 bridgehead atoms. The third-order valence-electron chi connectivity index (χ3n) is 9.37. The van der Waals surface area contributed by atoms with E-state index in [0.717, 1.165) is 55.8 Å². The van der Waals surface area contributed by atoms with Crippen LogP contribution in [0.15, 0.2) is 133 Å². The van der Waals surface area contributed by atoms with Crippen LogP contribution in [0, 0.1) is 0 Å². The zero-order valence-corrected chi connectivity index (χ0v) is 31.2. The summed E-state index contributed by atoms with van der Waals surface area (Å²) in [7, 11) is 0. The maximum absolute atomic E-state index is 13.6. The normalized spacial score (nSPS) is 13.5. The van der Waals surface area contributed by atoms with E-state index in [0.29, 0.717) is 33.6 Å². The van der Waals surface area contributed by atoms with Crippen LogP contribution in [0.4, 0.5) is 0 Å². The molecule has 52 heavy (non-hydrogen) atoms. The number of hydrogen-bond acceptors (Lipinski definition) is 4. The first-order valence-corrected chi connectivity index (χ1v) is 16.7. The SMILES string of the molecule is CC1=CC=C(c2c3nc(c(-c4ccccc4)c4ccc([n-]4)c(-c4ccccc4)c4nc(c(-c5ccccc5)c5ccc2[n-]5)C=C4)C=C3)C(=O)C1=O.[Zn+2]. The Kier molecular flexibility index (Phi) is 8.50. The van der Waals surface area contributed by atoms with E-state index in [9.17, 15) is 9.59 Å². The summed E-state index contributed by atoms with van der Waals surface area (Å²) in [6.45, 7) is 1.65. The van der Waals surface area contributed by atoms with Crippen LogP contribution < -0.4 is 9.97 Å². The Bertz CT molecular complexity index is 2680. The van der Waals surface area contributed by atoms with Crippen LogP contribution in [0.1, 0.15) is 35.3 Å². The molecule has 3 aromatic carbocycles. The fourth-order valence-corrected chi connectivity index (χ4v) is 6.92. The number of carbonyl (C=O) groups is 2. The van der Waals surface area contributed by atoms with Gasteiger partial charge in [0.15, 0.2) is 0 Å². The zero-order valence-electron chi connectivity index (χ0n) is 28.2. The van der Waals surface area contributed by atoms with Crippen LogP contribution in [0.25, 0.3) is 85.3 Å². The number of ketones is 2. The average molecular weight is 722 g/mol. The van der Waals surface area contributed by atoms with Gasteiger partial charge in [0.05, 0.1) is 22.8 Å². The number of carbonyl (C=O) groups excluding carboxylic acids is 2. The van der Waals surface area contributed by atoms with E-state index in [1.807, 2.05) is 127 Å². The molecular weight excluding hydrogens is 694 g/mol. The maximum Gasteiger partial charge on any atom is 2.00 e. The largest absolute Gasteiger partial charge is 2.00 e. The van der Waals surface area contributed by atoms with E-state index in [1.165, 1.54) is 0 Å². The molecule has 0 fully saturated rings. The maximum atomic E-state index is 13.6. The van der Waals surface area contributed by atoms with Crippen LogP contribution >= 0.6 is 0 Å². The molecular formula is C45H28N4O2Zn. The van der Waals surface area contributed by atoms with E-state index >= 15 is 0 Å². The standard InChI is InChI=1S/C45H30N4O2.Zn/c1-27-17-18-31(45(51)44(27)50)43-38-25-23-36(48-38)41(29-13-7-3-8-14-29)34-21-19-32(46-34)40(28-11-5-2-6-12-28)33-20-22-35(47-33)42(30-15-9-4-10-16-30)37-24-26-39(43)49-37;/h2-26H,1H3,(H2,46,47,48,49,50,51);/q;+2/p-2. The van der Waals surface area contributed by atoms with Crippen molar-refractivity contribution >= 4 is 63.5 Å². The van der Waals surface area contributed by atoms with Gasteiger partial charge in [-0.3, -0.25) is 9.59 Å². The van der Waals surface area contributed by atoms with Crippen molar-refractivity contribution < 1.29 is 29.1 Å². The summed E-state index contributed by atoms with van der Waals surface area (Å²) in [5.41, 5.74) is 12.2. The number of hydrogen-bond donors (Lipinski definition) is 0. The van der Waals surface area contributed by atoms with Crippen molar-refractivity contribution in [3.63, 3.8) is 0 Å². The van der Waals surface area contributed by atoms with Crippen LogP contribution in [-0.4, -0.2) is 21.5 Å². The molecule has 3 aromatic heterocycles. The van der Waals surface area contributed by atoms with Gasteiger partial charge in [0.2, 0.25) is 11.6 Å². The number of Topliss-reactive ketones (excluding diaryl/α,β-unsaturated/α-hetero) is 2. The minimum Gasteiger partial charge on any atom is -0.657 e. The Hall–Kier alpha value is -6.30. The smallest absolute Gasteiger partial charge is 0.657 e. The molecule has 0 radical (unpaired) electrons. The van der Waals surface area contributed by atoms with E-state index in [2.05, 4.69) is 12.1 Å². The predicted molar refractivity (Wildman–Crippen MR) is 205 cm³/mol. The fourth-order valence-electron chi connectivity index (χ4n) is 6.92. The first-order valence-electron chi connectivity index (χ1n) is 16.7. The number of rotatable bonds is 4. The van der Waals surface area contributed by atoms with Crippen molar-refractivity contribution in [1.82, 2.24) is 19.9 Å². The Labute approximate surface area is 312 Å². The summed E-state index contributed by atoms with van der Waals surface area (Å²) in [6.07, 6.45) is 11.3. The summed E-state index contributed by atoms with van der Waals surface area (Å²) in [4.78, 5) is 47.5. The first kappa shape index (κ1) is 32.9. The first-order chi connectivity index (χ1) is 25.0. The number of fused-ring (bicyclic) bond motifs is 8. The van der Waals surface area contributed by atoms with Crippen molar-refractivity contribution in [3.8, 4) is 33.4 Å². The van der Waals surface area contributed by atoms with E-state index in [1.54, 1.807) is 19.1 Å². The second-order valence-corrected chi connectivity index (χ2v) is 12.5. The van der Waals surface area contributed by atoms with Crippen molar-refractivity contribution in [3.05, 3.63) is 161 Å². The molecule has 1 aliphatic carbocycles. The number of allylic oxidation sites excluding steroid dienone is 4. The van der Waals surface area contributed by atoms with Gasteiger partial charge in [0.1, 0.15) is 0 Å². The van der Waals surface area contributed by atoms with Gasteiger partial charge in [-0.1, -0.05) is 121 Å². The number of aromatic nitrogens is 4. The van der Waals surface area contributed by atoms with Crippen molar-refractivity contribution in [2.45, 2.75) is 6.92 Å².